The zero-order valence-corrected chi connectivity index (χ0v) is 16.5. The lowest BCUT2D eigenvalue weighted by atomic mass is 9.97. The minimum absolute atomic E-state index is 0.157. The number of methoxy groups -OCH3 is 1. The van der Waals surface area contributed by atoms with Gasteiger partial charge >= 0.3 is 5.97 Å². The average molecular weight is 384 g/mol. The highest BCUT2D eigenvalue weighted by molar-refractivity contribution is 6.32. The third-order valence-corrected chi connectivity index (χ3v) is 4.84. The van der Waals surface area contributed by atoms with Crippen molar-refractivity contribution in [1.29, 1.82) is 0 Å². The van der Waals surface area contributed by atoms with Crippen molar-refractivity contribution in [2.24, 2.45) is 0 Å². The van der Waals surface area contributed by atoms with E-state index in [2.05, 4.69) is 0 Å². The zero-order chi connectivity index (χ0) is 19.3. The molecule has 2 rings (SSSR count). The lowest BCUT2D eigenvalue weighted by Crippen LogP contribution is -2.49. The summed E-state index contributed by atoms with van der Waals surface area (Å²) < 4.78 is 15.9. The van der Waals surface area contributed by atoms with Crippen molar-refractivity contribution in [3.63, 3.8) is 0 Å². The summed E-state index contributed by atoms with van der Waals surface area (Å²) in [6, 6.07) is 3.26. The van der Waals surface area contributed by atoms with Crippen LogP contribution in [0.1, 0.15) is 50.4 Å². The molecule has 7 heteroatoms. The average Bonchev–Trinajstić information content (AvgIpc) is 2.61. The van der Waals surface area contributed by atoms with E-state index >= 15 is 0 Å². The van der Waals surface area contributed by atoms with Gasteiger partial charge in [-0.15, -0.1) is 0 Å². The van der Waals surface area contributed by atoms with Crippen LogP contribution in [0.15, 0.2) is 12.1 Å². The largest absolute Gasteiger partial charge is 0.493 e. The van der Waals surface area contributed by atoms with Crippen molar-refractivity contribution >= 4 is 23.5 Å². The molecular formula is C19H26ClNO5. The minimum Gasteiger partial charge on any atom is -0.493 e. The lowest BCUT2D eigenvalue weighted by molar-refractivity contribution is -0.140. The van der Waals surface area contributed by atoms with E-state index in [0.29, 0.717) is 18.1 Å². The topological polar surface area (TPSA) is 65.1 Å². The molecule has 0 aromatic heterocycles. The van der Waals surface area contributed by atoms with Crippen LogP contribution in [0.3, 0.4) is 0 Å². The number of nitrogens with zero attached hydrogens (tertiary/aromatic N) is 1. The number of esters is 1. The maximum atomic E-state index is 12.5. The highest BCUT2D eigenvalue weighted by Gasteiger charge is 2.29. The number of piperidine rings is 1. The summed E-state index contributed by atoms with van der Waals surface area (Å²) in [5.41, 5.74) is 0.211. The zero-order valence-electron chi connectivity index (χ0n) is 15.7. The molecule has 1 aliphatic heterocycles. The van der Waals surface area contributed by atoms with Crippen LogP contribution in [0.25, 0.3) is 0 Å². The van der Waals surface area contributed by atoms with Gasteiger partial charge in [-0.25, -0.2) is 4.79 Å². The standard InChI is InChI=1S/C19H26ClNO5/c1-5-25-18-15(20)9-14(10-16(18)24-4)19(23)26-11-17(22)21-12(2)7-6-8-13(21)3/h9-10,12-13H,5-8,11H2,1-4H3/t12-,13-/m0/s1. The number of carbonyl (C=O) groups is 2. The third-order valence-electron chi connectivity index (χ3n) is 4.56. The number of rotatable bonds is 6. The van der Waals surface area contributed by atoms with Gasteiger partial charge in [-0.3, -0.25) is 4.79 Å². The van der Waals surface area contributed by atoms with Gasteiger partial charge in [-0.1, -0.05) is 11.6 Å². The summed E-state index contributed by atoms with van der Waals surface area (Å²) >= 11 is 6.17. The molecule has 1 amide bonds. The number of ether oxygens (including phenoxy) is 3. The van der Waals surface area contributed by atoms with E-state index in [0.717, 1.165) is 19.3 Å². The molecule has 0 unspecified atom stereocenters. The van der Waals surface area contributed by atoms with Gasteiger partial charge in [0.15, 0.2) is 18.1 Å². The molecule has 0 N–H and O–H groups in total. The minimum atomic E-state index is -0.626. The Morgan fingerprint density at radius 1 is 1.23 bits per heavy atom. The molecule has 0 aliphatic carbocycles. The fourth-order valence-corrected chi connectivity index (χ4v) is 3.59. The summed E-state index contributed by atoms with van der Waals surface area (Å²) in [5.74, 6) is -0.0860. The second kappa shape index (κ2) is 9.12. The first-order valence-electron chi connectivity index (χ1n) is 8.87. The molecule has 144 valence electrons. The summed E-state index contributed by atoms with van der Waals surface area (Å²) in [4.78, 5) is 26.6. The van der Waals surface area contributed by atoms with Crippen LogP contribution in [0.5, 0.6) is 11.5 Å². The number of carbonyl (C=O) groups excluding carboxylic acids is 2. The van der Waals surface area contributed by atoms with Crippen molar-refractivity contribution in [2.45, 2.75) is 52.1 Å². The van der Waals surface area contributed by atoms with Gasteiger partial charge in [0, 0.05) is 12.1 Å². The van der Waals surface area contributed by atoms with Crippen LogP contribution in [-0.4, -0.2) is 49.2 Å². The first-order valence-corrected chi connectivity index (χ1v) is 9.25. The molecule has 1 fully saturated rings. The highest BCUT2D eigenvalue weighted by Crippen LogP contribution is 2.36. The second-order valence-corrected chi connectivity index (χ2v) is 6.84. The molecular weight excluding hydrogens is 358 g/mol. The molecule has 1 heterocycles. The smallest absolute Gasteiger partial charge is 0.338 e. The number of amides is 1. The quantitative estimate of drug-likeness (QED) is 0.701. The fourth-order valence-electron chi connectivity index (χ4n) is 3.32. The molecule has 0 bridgehead atoms. The molecule has 1 aromatic carbocycles. The fraction of sp³-hybridized carbons (Fsp3) is 0.579. The SMILES string of the molecule is CCOc1c(Cl)cc(C(=O)OCC(=O)N2[C@@H](C)CCC[C@@H]2C)cc1OC. The predicted molar refractivity (Wildman–Crippen MR) is 99.1 cm³/mol. The Kier molecular flexibility index (Phi) is 7.14. The normalized spacial score (nSPS) is 19.8. The van der Waals surface area contributed by atoms with Crippen LogP contribution < -0.4 is 9.47 Å². The number of benzene rings is 1. The first kappa shape index (κ1) is 20.4. The van der Waals surface area contributed by atoms with Crippen LogP contribution in [-0.2, 0) is 9.53 Å². The molecule has 26 heavy (non-hydrogen) atoms. The van der Waals surface area contributed by atoms with Gasteiger partial charge in [0.25, 0.3) is 5.91 Å². The first-order chi connectivity index (χ1) is 12.4. The summed E-state index contributed by atoms with van der Waals surface area (Å²) in [5, 5.41) is 0.253. The van der Waals surface area contributed by atoms with Crippen LogP contribution >= 0.6 is 11.6 Å². The summed E-state index contributed by atoms with van der Waals surface area (Å²) in [6.07, 6.45) is 3.04. The van der Waals surface area contributed by atoms with Crippen LogP contribution in [0.4, 0.5) is 0 Å². The van der Waals surface area contributed by atoms with Crippen LogP contribution in [0.2, 0.25) is 5.02 Å². The Balaban J connectivity index is 2.05. The van der Waals surface area contributed by atoms with Gasteiger partial charge in [0.05, 0.1) is 24.3 Å². The van der Waals surface area contributed by atoms with Crippen molar-refractivity contribution in [1.82, 2.24) is 4.90 Å². The third kappa shape index (κ3) is 4.61. The van der Waals surface area contributed by atoms with Crippen molar-refractivity contribution in [2.75, 3.05) is 20.3 Å². The molecule has 2 atom stereocenters. The maximum absolute atomic E-state index is 12.5. The Morgan fingerprint density at radius 2 is 1.88 bits per heavy atom. The molecule has 1 saturated heterocycles. The Bertz CT molecular complexity index is 654. The Hall–Kier alpha value is -1.95. The number of hydrogen-bond acceptors (Lipinski definition) is 5. The molecule has 0 radical (unpaired) electrons. The number of likely N-dealkylation sites (tertiary alicyclic amines) is 1. The van der Waals surface area contributed by atoms with Crippen LogP contribution in [0, 0.1) is 0 Å². The van der Waals surface area contributed by atoms with Gasteiger partial charge in [-0.2, -0.15) is 0 Å². The lowest BCUT2D eigenvalue weighted by Gasteiger charge is -2.38. The second-order valence-electron chi connectivity index (χ2n) is 6.43. The number of halogens is 1. The van der Waals surface area contributed by atoms with E-state index < -0.39 is 5.97 Å². The number of hydrogen-bond donors (Lipinski definition) is 0. The van der Waals surface area contributed by atoms with E-state index in [1.54, 1.807) is 0 Å². The monoisotopic (exact) mass is 383 g/mol. The molecule has 1 aliphatic rings. The summed E-state index contributed by atoms with van der Waals surface area (Å²) in [7, 11) is 1.46. The van der Waals surface area contributed by atoms with Gasteiger partial charge in [0.1, 0.15) is 0 Å². The molecule has 1 aromatic rings. The van der Waals surface area contributed by atoms with Gasteiger partial charge in [-0.05, 0) is 52.2 Å². The summed E-state index contributed by atoms with van der Waals surface area (Å²) in [6.45, 7) is 5.99. The van der Waals surface area contributed by atoms with E-state index in [9.17, 15) is 9.59 Å². The van der Waals surface area contributed by atoms with Gasteiger partial charge < -0.3 is 19.1 Å². The predicted octanol–water partition coefficient (Wildman–Crippen LogP) is 3.69. The molecule has 6 nitrogen and oxygen atoms in total. The van der Waals surface area contributed by atoms with E-state index in [4.69, 9.17) is 25.8 Å². The van der Waals surface area contributed by atoms with Crippen molar-refractivity contribution in [3.05, 3.63) is 22.7 Å². The van der Waals surface area contributed by atoms with Gasteiger partial charge in [0.2, 0.25) is 0 Å². The maximum Gasteiger partial charge on any atom is 0.338 e. The van der Waals surface area contributed by atoms with Crippen molar-refractivity contribution < 1.29 is 23.8 Å². The van der Waals surface area contributed by atoms with Crippen molar-refractivity contribution in [3.8, 4) is 11.5 Å². The Labute approximate surface area is 159 Å². The molecule has 0 spiro atoms. The van der Waals surface area contributed by atoms with E-state index in [1.807, 2.05) is 25.7 Å². The Morgan fingerprint density at radius 3 is 2.46 bits per heavy atom. The molecule has 0 saturated carbocycles. The van der Waals surface area contributed by atoms with E-state index in [-0.39, 0.29) is 35.2 Å². The highest BCUT2D eigenvalue weighted by atomic mass is 35.5. The van der Waals surface area contributed by atoms with E-state index in [1.165, 1.54) is 19.2 Å².